The minimum Gasteiger partial charge on any atom is -0.458 e. The second-order valence-electron chi connectivity index (χ2n) is 12.7. The lowest BCUT2D eigenvalue weighted by atomic mass is 9.88. The van der Waals surface area contributed by atoms with Gasteiger partial charge in [0.05, 0.1) is 71.8 Å². The number of para-hydroxylation sites is 3. The molecule has 0 atom stereocenters. The van der Waals surface area contributed by atoms with Crippen molar-refractivity contribution in [2.24, 2.45) is 0 Å². The molecule has 0 bridgehead atoms. The summed E-state index contributed by atoms with van der Waals surface area (Å²) in [6.07, 6.45) is 1.58. The molecule has 0 amide bonds. The molecule has 7 aromatic carbocycles. The number of benzene rings is 7. The Morgan fingerprint density at radius 2 is 1.36 bits per heavy atom. The highest BCUT2D eigenvalue weighted by Crippen LogP contribution is 2.38. The Kier molecular flexibility index (Phi) is 3.46. The molecule has 0 saturated carbocycles. The Morgan fingerprint density at radius 3 is 2.12 bits per heavy atom. The van der Waals surface area contributed by atoms with Gasteiger partial charge < -0.3 is 4.74 Å². The third-order valence-electron chi connectivity index (χ3n) is 8.73. The zero-order chi connectivity index (χ0) is 68.7. The molecule has 0 radical (unpaired) electrons. The molecule has 0 spiro atoms. The third kappa shape index (κ3) is 6.22. The molecule has 5 nitrogen and oxygen atoms in total. The predicted molar refractivity (Wildman–Crippen MR) is 237 cm³/mol. The van der Waals surface area contributed by atoms with E-state index >= 15 is 0 Å². The highest BCUT2D eigenvalue weighted by Gasteiger charge is 2.21. The second-order valence-corrected chi connectivity index (χ2v) is 12.7. The van der Waals surface area contributed by atoms with Crippen LogP contribution >= 0.6 is 0 Å². The lowest BCUT2D eigenvalue weighted by Crippen LogP contribution is -2.31. The summed E-state index contributed by atoms with van der Waals surface area (Å²) in [4.78, 5) is 4.07. The molecule has 10 rings (SSSR count). The summed E-state index contributed by atoms with van der Waals surface area (Å²) in [5.41, 5.74) is -12.0. The maximum absolute atomic E-state index is 9.47. The van der Waals surface area contributed by atoms with E-state index in [0.717, 1.165) is 23.6 Å². The van der Waals surface area contributed by atoms with Crippen LogP contribution in [0.4, 0.5) is 0 Å². The lowest BCUT2D eigenvalue weighted by Gasteiger charge is -2.20. The molecule has 0 N–H and O–H groups in total. The van der Waals surface area contributed by atoms with Crippen LogP contribution in [0.5, 0.6) is 11.5 Å². The van der Waals surface area contributed by atoms with Crippen molar-refractivity contribution < 1.29 is 55.9 Å². The lowest BCUT2D eigenvalue weighted by molar-refractivity contribution is -0.571. The fourth-order valence-electron chi connectivity index (χ4n) is 6.23. The van der Waals surface area contributed by atoms with Crippen LogP contribution in [0.25, 0.3) is 72.3 Å². The standard InChI is InChI=1S/C53H42N4O/c1-36-25-28-47-46(31-36)45-27-26-42(34-50(45)57(47)51-32-39(29-30-54-51)53(2,3)4)58-41-20-13-19-40(33-41)55-35-56(49-24-12-11-23-48(49)55)52-43(37-15-7-5-8-16-37)21-14-22-44(52)38-17-9-6-10-18-38/h5-34H,1-4H3/i2D3,3D3,5D,6D,7D,8D,9D,10D,11D,12D,13D,14D,15D,16D,17D,18D,19D,20D,21D,22D,23D,24D,25D,26D,27D,28D,29D,30D,31D,32D. The summed E-state index contributed by atoms with van der Waals surface area (Å²) < 4.78 is 311. The fourth-order valence-corrected chi connectivity index (χ4v) is 6.23. The number of pyridine rings is 1. The molecular formula is C53H42N4O. The Labute approximate surface area is 386 Å². The molecular weight excluding hydrogens is 709 g/mol. The van der Waals surface area contributed by atoms with Crippen molar-refractivity contribution in [3.63, 3.8) is 0 Å². The summed E-state index contributed by atoms with van der Waals surface area (Å²) in [5.74, 6) is -2.47. The maximum atomic E-state index is 9.47. The van der Waals surface area contributed by atoms with E-state index in [9.17, 15) is 13.7 Å². The van der Waals surface area contributed by atoms with Gasteiger partial charge in [0.15, 0.2) is 0 Å². The highest BCUT2D eigenvalue weighted by atomic mass is 16.5. The van der Waals surface area contributed by atoms with E-state index in [0.29, 0.717) is 9.13 Å². The van der Waals surface area contributed by atoms with E-state index in [4.69, 9.17) is 37.6 Å². The Hall–Kier alpha value is -7.24. The molecule has 0 unspecified atom stereocenters. The van der Waals surface area contributed by atoms with Crippen molar-refractivity contribution >= 4 is 32.8 Å². The van der Waals surface area contributed by atoms with Crippen molar-refractivity contribution in [2.45, 2.75) is 33.0 Å². The normalized spacial score (nSPS) is 20.5. The summed E-state index contributed by atoms with van der Waals surface area (Å²) in [6.45, 7) is -5.02. The van der Waals surface area contributed by atoms with E-state index in [1.165, 1.54) is 6.92 Å². The van der Waals surface area contributed by atoms with Gasteiger partial charge in [-0.1, -0.05) is 141 Å². The van der Waals surface area contributed by atoms with E-state index in [2.05, 4.69) is 11.3 Å². The minimum atomic E-state index is -3.52. The number of aromatic nitrogens is 4. The van der Waals surface area contributed by atoms with Crippen LogP contribution in [0.3, 0.4) is 0 Å². The molecule has 0 fully saturated rings. The van der Waals surface area contributed by atoms with Crippen molar-refractivity contribution in [1.29, 1.82) is 0 Å². The van der Waals surface area contributed by atoms with Crippen LogP contribution in [-0.4, -0.2) is 14.1 Å². The van der Waals surface area contributed by atoms with Crippen LogP contribution in [0.2, 0.25) is 0 Å². The van der Waals surface area contributed by atoms with Crippen molar-refractivity contribution in [3.05, 3.63) is 199 Å². The average molecular weight is 785 g/mol. The van der Waals surface area contributed by atoms with Gasteiger partial charge in [-0.15, -0.1) is 0 Å². The summed E-state index contributed by atoms with van der Waals surface area (Å²) in [7, 11) is 0. The molecule has 58 heavy (non-hydrogen) atoms. The van der Waals surface area contributed by atoms with Crippen LogP contribution < -0.4 is 9.30 Å². The fraction of sp³-hybridized carbons (Fsp3) is 0.0943. The first-order valence-corrected chi connectivity index (χ1v) is 17.0. The maximum Gasteiger partial charge on any atom is 0.269 e. The molecule has 5 heteroatoms. The first kappa shape index (κ1) is 14.3. The van der Waals surface area contributed by atoms with Gasteiger partial charge in [-0.25, -0.2) is 4.98 Å². The van der Waals surface area contributed by atoms with Gasteiger partial charge in [0.1, 0.15) is 17.3 Å². The van der Waals surface area contributed by atoms with Crippen LogP contribution in [0.1, 0.15) is 78.4 Å². The molecule has 280 valence electrons. The SMILES string of the molecule is [2H]c1nc(-n2c3cc(Oc4cc(-n5[c-][n+](-c6c(-c7c([2H])c([2H])c([2H])c([2H])c7[2H])c([2H])c([2H])c([2H])c6-c6c([2H])c([2H])c([2H])c([2H])c6[2H])c6c([2H])c([2H])c([2H])c([2H])c65)c([2H])c([2H])c4[2H])c([2H])c([2H])c3c3c([2H])c(C)c([2H])c([2H])c32)c([2H])c(C(C)(C([2H])([2H])[2H])C([2H])([2H])[2H])c1[2H]. The molecule has 0 aliphatic rings. The zero-order valence-electron chi connectivity index (χ0n) is 63.9. The number of hydrogen-bond acceptors (Lipinski definition) is 2. The van der Waals surface area contributed by atoms with Crippen LogP contribution in [0, 0.1) is 13.3 Å². The quantitative estimate of drug-likeness (QED) is 0.119. The van der Waals surface area contributed by atoms with Crippen molar-refractivity contribution in [1.82, 2.24) is 14.1 Å². The summed E-state index contributed by atoms with van der Waals surface area (Å²) in [5, 5.41) is -0.738. The Morgan fingerprint density at radius 1 is 0.655 bits per heavy atom. The van der Waals surface area contributed by atoms with Gasteiger partial charge >= 0.3 is 0 Å². The number of nitrogens with zero attached hydrogens (tertiary/aromatic N) is 4. The predicted octanol–water partition coefficient (Wildman–Crippen LogP) is 12.9. The first-order chi connectivity index (χ1) is 42.4. The van der Waals surface area contributed by atoms with E-state index in [1.807, 2.05) is 0 Å². The van der Waals surface area contributed by atoms with Gasteiger partial charge in [0, 0.05) is 31.2 Å². The van der Waals surface area contributed by atoms with Crippen LogP contribution in [-0.2, 0) is 5.41 Å². The van der Waals surface area contributed by atoms with Gasteiger partial charge in [-0.2, -0.15) is 0 Å². The molecule has 0 aliphatic carbocycles. The highest BCUT2D eigenvalue weighted by molar-refractivity contribution is 6.09. The molecule has 0 aliphatic heterocycles. The average Bonchev–Trinajstić information content (AvgIpc) is 1.44. The van der Waals surface area contributed by atoms with Crippen molar-refractivity contribution in [3.8, 4) is 50.9 Å². The molecule has 3 heterocycles. The van der Waals surface area contributed by atoms with Gasteiger partial charge in [-0.3, -0.25) is 13.7 Å². The first-order valence-electron chi connectivity index (χ1n) is 34.0. The van der Waals surface area contributed by atoms with E-state index in [-0.39, 0.29) is 10.9 Å². The summed E-state index contributed by atoms with van der Waals surface area (Å²) in [6, 6.07) is -24.6. The Bertz CT molecular complexity index is 4840. The third-order valence-corrected chi connectivity index (χ3v) is 8.73. The van der Waals surface area contributed by atoms with Gasteiger partial charge in [-0.05, 0) is 94.6 Å². The monoisotopic (exact) mass is 785 g/mol. The number of hydrogen-bond donors (Lipinski definition) is 0. The van der Waals surface area contributed by atoms with Gasteiger partial charge in [0.25, 0.3) is 6.33 Å². The topological polar surface area (TPSA) is 35.9 Å². The van der Waals surface area contributed by atoms with E-state index in [1.54, 1.807) is 0 Å². The van der Waals surface area contributed by atoms with Gasteiger partial charge in [0.2, 0.25) is 0 Å². The molecule has 3 aromatic heterocycles. The summed E-state index contributed by atoms with van der Waals surface area (Å²) >= 11 is 0. The second kappa shape index (κ2) is 14.1. The minimum absolute atomic E-state index is 0.137. The number of fused-ring (bicyclic) bond motifs is 4. The molecule has 0 saturated heterocycles. The van der Waals surface area contributed by atoms with Crippen LogP contribution in [0.15, 0.2) is 181 Å². The number of imidazole rings is 1. The van der Waals surface area contributed by atoms with E-state index < -0.39 is 272 Å². The molecule has 10 aromatic rings. The largest absolute Gasteiger partial charge is 0.458 e. The Balaban J connectivity index is 1.34. The number of rotatable bonds is 7. The smallest absolute Gasteiger partial charge is 0.269 e. The zero-order valence-corrected chi connectivity index (χ0v) is 29.9. The number of ether oxygens (including phenoxy) is 1. The van der Waals surface area contributed by atoms with Crippen molar-refractivity contribution in [2.75, 3.05) is 0 Å².